The standard InChI is InChI=1S/C15H25N5O/c1-10-7-17-20(9-10)12(3)11(2)16-8-13-18-14(21-19-13)15(4,5)6/h7,9,11-12,16H,8H2,1-6H3/t11-,12-/m0/s1. The second kappa shape index (κ2) is 5.97. The third kappa shape index (κ3) is 3.91. The topological polar surface area (TPSA) is 68.8 Å². The maximum Gasteiger partial charge on any atom is 0.232 e. The van der Waals surface area contributed by atoms with Crippen LogP contribution in [-0.2, 0) is 12.0 Å². The van der Waals surface area contributed by atoms with Crippen molar-refractivity contribution in [3.63, 3.8) is 0 Å². The molecular formula is C15H25N5O. The van der Waals surface area contributed by atoms with Crippen LogP contribution in [0.4, 0.5) is 0 Å². The van der Waals surface area contributed by atoms with Gasteiger partial charge >= 0.3 is 0 Å². The van der Waals surface area contributed by atoms with Gasteiger partial charge in [0.2, 0.25) is 5.89 Å². The predicted octanol–water partition coefficient (Wildman–Crippen LogP) is 2.61. The highest BCUT2D eigenvalue weighted by atomic mass is 16.5. The molecule has 2 atom stereocenters. The number of nitrogens with zero attached hydrogens (tertiary/aromatic N) is 4. The van der Waals surface area contributed by atoms with E-state index in [0.717, 1.165) is 0 Å². The normalized spacial score (nSPS) is 15.1. The summed E-state index contributed by atoms with van der Waals surface area (Å²) in [5, 5.41) is 11.8. The van der Waals surface area contributed by atoms with E-state index in [9.17, 15) is 0 Å². The molecule has 1 N–H and O–H groups in total. The quantitative estimate of drug-likeness (QED) is 0.917. The maximum absolute atomic E-state index is 5.29. The van der Waals surface area contributed by atoms with E-state index in [2.05, 4.69) is 61.4 Å². The molecular weight excluding hydrogens is 266 g/mol. The van der Waals surface area contributed by atoms with Crippen LogP contribution >= 0.6 is 0 Å². The summed E-state index contributed by atoms with van der Waals surface area (Å²) in [5.74, 6) is 1.36. The van der Waals surface area contributed by atoms with Gasteiger partial charge in [-0.15, -0.1) is 0 Å². The highest BCUT2D eigenvalue weighted by Crippen LogP contribution is 2.19. The molecule has 116 valence electrons. The second-order valence-electron chi connectivity index (χ2n) is 6.67. The monoisotopic (exact) mass is 291 g/mol. The van der Waals surface area contributed by atoms with Crippen LogP contribution in [0.15, 0.2) is 16.9 Å². The summed E-state index contributed by atoms with van der Waals surface area (Å²) in [6.07, 6.45) is 3.92. The van der Waals surface area contributed by atoms with Crippen LogP contribution in [0, 0.1) is 6.92 Å². The van der Waals surface area contributed by atoms with Gasteiger partial charge in [-0.1, -0.05) is 25.9 Å². The zero-order valence-corrected chi connectivity index (χ0v) is 13.7. The molecule has 2 rings (SSSR count). The Morgan fingerprint density at radius 1 is 1.33 bits per heavy atom. The Morgan fingerprint density at radius 3 is 2.57 bits per heavy atom. The number of aromatic nitrogens is 4. The van der Waals surface area contributed by atoms with Gasteiger partial charge in [-0.3, -0.25) is 4.68 Å². The molecule has 0 saturated carbocycles. The lowest BCUT2D eigenvalue weighted by molar-refractivity contribution is 0.315. The van der Waals surface area contributed by atoms with Gasteiger partial charge in [0.15, 0.2) is 5.82 Å². The predicted molar refractivity (Wildman–Crippen MR) is 81.0 cm³/mol. The smallest absolute Gasteiger partial charge is 0.232 e. The lowest BCUT2D eigenvalue weighted by atomic mass is 9.97. The molecule has 0 aliphatic carbocycles. The average molecular weight is 291 g/mol. The molecule has 0 amide bonds. The molecule has 0 saturated heterocycles. The largest absolute Gasteiger partial charge is 0.339 e. The van der Waals surface area contributed by atoms with Crippen molar-refractivity contribution in [3.8, 4) is 0 Å². The summed E-state index contributed by atoms with van der Waals surface area (Å²) >= 11 is 0. The van der Waals surface area contributed by atoms with Gasteiger partial charge < -0.3 is 9.84 Å². The SMILES string of the molecule is Cc1cnn([C@@H](C)[C@H](C)NCc2noc(C(C)(C)C)n2)c1. The van der Waals surface area contributed by atoms with Gasteiger partial charge in [0.05, 0.1) is 18.8 Å². The Morgan fingerprint density at radius 2 is 2.05 bits per heavy atom. The third-order valence-electron chi connectivity index (χ3n) is 3.56. The van der Waals surface area contributed by atoms with Gasteiger partial charge in [0, 0.05) is 17.7 Å². The van der Waals surface area contributed by atoms with Crippen molar-refractivity contribution >= 4 is 0 Å². The molecule has 0 aliphatic heterocycles. The van der Waals surface area contributed by atoms with E-state index in [1.165, 1.54) is 5.56 Å². The summed E-state index contributed by atoms with van der Waals surface area (Å²) in [7, 11) is 0. The fourth-order valence-corrected chi connectivity index (χ4v) is 1.94. The number of rotatable bonds is 5. The second-order valence-corrected chi connectivity index (χ2v) is 6.67. The zero-order valence-electron chi connectivity index (χ0n) is 13.7. The fraction of sp³-hybridized carbons (Fsp3) is 0.667. The first-order chi connectivity index (χ1) is 9.77. The molecule has 6 nitrogen and oxygen atoms in total. The van der Waals surface area contributed by atoms with Crippen molar-refractivity contribution in [3.05, 3.63) is 29.7 Å². The minimum atomic E-state index is -0.114. The van der Waals surface area contributed by atoms with Crippen LogP contribution in [0.3, 0.4) is 0 Å². The lowest BCUT2D eigenvalue weighted by Gasteiger charge is -2.21. The van der Waals surface area contributed by atoms with E-state index in [1.807, 2.05) is 17.8 Å². The van der Waals surface area contributed by atoms with E-state index >= 15 is 0 Å². The third-order valence-corrected chi connectivity index (χ3v) is 3.56. The summed E-state index contributed by atoms with van der Waals surface area (Å²) in [6, 6.07) is 0.508. The number of nitrogens with one attached hydrogen (secondary N) is 1. The summed E-state index contributed by atoms with van der Waals surface area (Å²) in [6.45, 7) is 13.1. The fourth-order valence-electron chi connectivity index (χ4n) is 1.94. The number of hydrogen-bond acceptors (Lipinski definition) is 5. The van der Waals surface area contributed by atoms with Crippen molar-refractivity contribution in [2.75, 3.05) is 0 Å². The first-order valence-electron chi connectivity index (χ1n) is 7.34. The van der Waals surface area contributed by atoms with E-state index in [4.69, 9.17) is 4.52 Å². The minimum Gasteiger partial charge on any atom is -0.339 e. The molecule has 0 bridgehead atoms. The Labute approximate surface area is 125 Å². The van der Waals surface area contributed by atoms with Gasteiger partial charge in [0.25, 0.3) is 0 Å². The highest BCUT2D eigenvalue weighted by molar-refractivity contribution is 5.01. The number of aryl methyl sites for hydroxylation is 1. The van der Waals surface area contributed by atoms with Gasteiger partial charge in [0.1, 0.15) is 0 Å². The van der Waals surface area contributed by atoms with E-state index < -0.39 is 0 Å². The van der Waals surface area contributed by atoms with Crippen molar-refractivity contribution < 1.29 is 4.52 Å². The molecule has 0 aromatic carbocycles. The maximum atomic E-state index is 5.29. The van der Waals surface area contributed by atoms with Crippen LogP contribution in [0.25, 0.3) is 0 Å². The van der Waals surface area contributed by atoms with E-state index in [0.29, 0.717) is 18.3 Å². The first-order valence-corrected chi connectivity index (χ1v) is 7.34. The van der Waals surface area contributed by atoms with Gasteiger partial charge in [-0.05, 0) is 26.3 Å². The van der Waals surface area contributed by atoms with Crippen LogP contribution in [0.5, 0.6) is 0 Å². The van der Waals surface area contributed by atoms with Crippen molar-refractivity contribution in [1.29, 1.82) is 0 Å². The van der Waals surface area contributed by atoms with Crippen LogP contribution < -0.4 is 5.32 Å². The van der Waals surface area contributed by atoms with E-state index in [-0.39, 0.29) is 17.5 Å². The molecule has 6 heteroatoms. The number of hydrogen-bond donors (Lipinski definition) is 1. The van der Waals surface area contributed by atoms with Gasteiger partial charge in [-0.25, -0.2) is 0 Å². The molecule has 0 spiro atoms. The zero-order chi connectivity index (χ0) is 15.6. The molecule has 2 heterocycles. The Kier molecular flexibility index (Phi) is 4.46. The minimum absolute atomic E-state index is 0.114. The Balaban J connectivity index is 1.92. The average Bonchev–Trinajstić information content (AvgIpc) is 3.03. The van der Waals surface area contributed by atoms with Crippen molar-refractivity contribution in [1.82, 2.24) is 25.2 Å². The van der Waals surface area contributed by atoms with Gasteiger partial charge in [-0.2, -0.15) is 10.1 Å². The molecule has 0 fully saturated rings. The lowest BCUT2D eigenvalue weighted by Crippen LogP contribution is -2.33. The molecule has 21 heavy (non-hydrogen) atoms. The van der Waals surface area contributed by atoms with Crippen LogP contribution in [0.2, 0.25) is 0 Å². The highest BCUT2D eigenvalue weighted by Gasteiger charge is 2.22. The molecule has 0 aliphatic rings. The molecule has 2 aromatic rings. The summed E-state index contributed by atoms with van der Waals surface area (Å²) < 4.78 is 7.27. The van der Waals surface area contributed by atoms with Crippen molar-refractivity contribution in [2.24, 2.45) is 0 Å². The Bertz CT molecular complexity index is 581. The van der Waals surface area contributed by atoms with Crippen LogP contribution in [0.1, 0.15) is 57.9 Å². The molecule has 0 unspecified atom stereocenters. The van der Waals surface area contributed by atoms with Crippen molar-refractivity contribution in [2.45, 2.75) is 65.6 Å². The Hall–Kier alpha value is -1.69. The summed E-state index contributed by atoms with van der Waals surface area (Å²) in [5.41, 5.74) is 1.05. The van der Waals surface area contributed by atoms with E-state index in [1.54, 1.807) is 0 Å². The molecule has 0 radical (unpaired) electrons. The summed E-state index contributed by atoms with van der Waals surface area (Å²) in [4.78, 5) is 4.43. The molecule has 2 aromatic heterocycles. The van der Waals surface area contributed by atoms with Crippen LogP contribution in [-0.4, -0.2) is 26.0 Å². The first kappa shape index (κ1) is 15.7.